The first kappa shape index (κ1) is 45.5. The van der Waals surface area contributed by atoms with Crippen LogP contribution in [0.5, 0.6) is 0 Å². The van der Waals surface area contributed by atoms with Gasteiger partial charge in [0.25, 0.3) is 0 Å². The lowest BCUT2D eigenvalue weighted by Crippen LogP contribution is -2.14. The molecule has 0 fully saturated rings. The summed E-state index contributed by atoms with van der Waals surface area (Å²) in [4.78, 5) is 4.87. The van der Waals surface area contributed by atoms with Gasteiger partial charge in [0, 0.05) is 66.3 Å². The van der Waals surface area contributed by atoms with Gasteiger partial charge in [0.05, 0.1) is 5.69 Å². The molecule has 14 aromatic carbocycles. The molecule has 0 unspecified atom stereocenters. The summed E-state index contributed by atoms with van der Waals surface area (Å²) in [7, 11) is 0. The first-order chi connectivity index (χ1) is 39.7. The Hall–Kier alpha value is -10.7. The standard InChI is InChI=1S/C76H48N2O2/c1-3-18-49(19-4-1)50-34-39-57(40-35-50)78(71-46-53-21-8-9-24-60(53)63-26-11-12-27-64(63)71)59-45-54(69-48-70-66-29-14-16-33-73(66)80-76(70)74-61-25-10-7-20-51(61)38-43-67(69)74)44-58(47-59)77(55-22-5-2-6-23-55)56-41-36-52(37-42-56)62-30-17-31-68-65-28-13-15-32-72(65)79-75(62)68/h1-48H. The second-order valence-electron chi connectivity index (χ2n) is 20.8. The predicted molar refractivity (Wildman–Crippen MR) is 337 cm³/mol. The Morgan fingerprint density at radius 2 is 0.750 bits per heavy atom. The quantitative estimate of drug-likeness (QED) is 0.135. The van der Waals surface area contributed by atoms with Crippen molar-refractivity contribution in [2.24, 2.45) is 0 Å². The average Bonchev–Trinajstić information content (AvgIpc) is 4.19. The number of hydrogen-bond acceptors (Lipinski definition) is 4. The fourth-order valence-electron chi connectivity index (χ4n) is 12.5. The highest BCUT2D eigenvalue weighted by Crippen LogP contribution is 2.50. The van der Waals surface area contributed by atoms with Crippen LogP contribution in [-0.2, 0) is 0 Å². The van der Waals surface area contributed by atoms with E-state index in [9.17, 15) is 0 Å². The van der Waals surface area contributed by atoms with Gasteiger partial charge < -0.3 is 18.6 Å². The van der Waals surface area contributed by atoms with Crippen LogP contribution in [-0.4, -0.2) is 0 Å². The molecule has 0 aliphatic rings. The summed E-state index contributed by atoms with van der Waals surface area (Å²) in [5.41, 5.74) is 16.3. The van der Waals surface area contributed by atoms with Crippen LogP contribution in [0.1, 0.15) is 0 Å². The Labute approximate surface area is 461 Å². The maximum atomic E-state index is 6.90. The Balaban J connectivity index is 0.984. The molecule has 16 rings (SSSR count). The van der Waals surface area contributed by atoms with Crippen molar-refractivity contribution in [1.82, 2.24) is 0 Å². The lowest BCUT2D eigenvalue weighted by molar-refractivity contribution is 0.670. The minimum atomic E-state index is 0.867. The van der Waals surface area contributed by atoms with Crippen LogP contribution in [0.3, 0.4) is 0 Å². The van der Waals surface area contributed by atoms with Crippen molar-refractivity contribution in [3.05, 3.63) is 291 Å². The molecule has 4 heteroatoms. The van der Waals surface area contributed by atoms with E-state index in [-0.39, 0.29) is 0 Å². The molecule has 0 amide bonds. The molecule has 0 bridgehead atoms. The molecule has 4 nitrogen and oxygen atoms in total. The monoisotopic (exact) mass is 1020 g/mol. The van der Waals surface area contributed by atoms with E-state index in [1.807, 2.05) is 12.1 Å². The van der Waals surface area contributed by atoms with Crippen LogP contribution in [0.4, 0.5) is 34.1 Å². The number of nitrogens with zero attached hydrogens (tertiary/aromatic N) is 2. The van der Waals surface area contributed by atoms with E-state index in [2.05, 4.69) is 289 Å². The summed E-state index contributed by atoms with van der Waals surface area (Å²) in [6.07, 6.45) is 0. The van der Waals surface area contributed by atoms with Crippen LogP contribution in [0.25, 0.3) is 120 Å². The molecule has 0 aliphatic heterocycles. The van der Waals surface area contributed by atoms with Crippen molar-refractivity contribution in [2.45, 2.75) is 0 Å². The number of anilines is 6. The molecule has 0 N–H and O–H groups in total. The van der Waals surface area contributed by atoms with Crippen LogP contribution in [0.15, 0.2) is 300 Å². The smallest absolute Gasteiger partial charge is 0.143 e. The lowest BCUT2D eigenvalue weighted by Gasteiger charge is -2.31. The third-order valence-corrected chi connectivity index (χ3v) is 16.2. The second-order valence-corrected chi connectivity index (χ2v) is 20.8. The zero-order valence-corrected chi connectivity index (χ0v) is 43.4. The molecule has 0 spiro atoms. The molecule has 80 heavy (non-hydrogen) atoms. The van der Waals surface area contributed by atoms with Crippen molar-refractivity contribution in [1.29, 1.82) is 0 Å². The van der Waals surface area contributed by atoms with Gasteiger partial charge in [0.15, 0.2) is 0 Å². The Bertz CT molecular complexity index is 5060. The van der Waals surface area contributed by atoms with Gasteiger partial charge in [-0.2, -0.15) is 0 Å². The highest BCUT2D eigenvalue weighted by molar-refractivity contribution is 6.27. The second kappa shape index (κ2) is 18.5. The van der Waals surface area contributed by atoms with Crippen molar-refractivity contribution in [3.63, 3.8) is 0 Å². The first-order valence-electron chi connectivity index (χ1n) is 27.3. The molecule has 0 atom stereocenters. The van der Waals surface area contributed by atoms with Crippen LogP contribution in [0.2, 0.25) is 0 Å². The number of para-hydroxylation sites is 4. The Morgan fingerprint density at radius 3 is 1.49 bits per heavy atom. The van der Waals surface area contributed by atoms with Gasteiger partial charge in [0.1, 0.15) is 22.3 Å². The number of fused-ring (bicyclic) bond motifs is 13. The largest absolute Gasteiger partial charge is 0.455 e. The van der Waals surface area contributed by atoms with Crippen molar-refractivity contribution in [2.75, 3.05) is 9.80 Å². The van der Waals surface area contributed by atoms with Crippen molar-refractivity contribution < 1.29 is 8.83 Å². The van der Waals surface area contributed by atoms with Gasteiger partial charge in [-0.3, -0.25) is 0 Å². The molecule has 374 valence electrons. The highest BCUT2D eigenvalue weighted by Gasteiger charge is 2.25. The number of benzene rings is 14. The molecule has 0 saturated carbocycles. The van der Waals surface area contributed by atoms with Crippen molar-refractivity contribution in [3.8, 4) is 33.4 Å². The summed E-state index contributed by atoms with van der Waals surface area (Å²) in [6.45, 7) is 0. The third kappa shape index (κ3) is 7.45. The fraction of sp³-hybridized carbons (Fsp3) is 0. The van der Waals surface area contributed by atoms with E-state index in [0.717, 1.165) is 133 Å². The molecular weight excluding hydrogens is 973 g/mol. The van der Waals surface area contributed by atoms with Crippen LogP contribution in [0, 0.1) is 0 Å². The number of rotatable bonds is 9. The Kier molecular flexibility index (Phi) is 10.5. The molecule has 2 heterocycles. The number of hydrogen-bond donors (Lipinski definition) is 0. The first-order valence-corrected chi connectivity index (χ1v) is 27.3. The van der Waals surface area contributed by atoms with Crippen molar-refractivity contribution >= 4 is 121 Å². The van der Waals surface area contributed by atoms with E-state index in [1.54, 1.807) is 0 Å². The summed E-state index contributed by atoms with van der Waals surface area (Å²) in [6, 6.07) is 105. The predicted octanol–water partition coefficient (Wildman–Crippen LogP) is 22.0. The van der Waals surface area contributed by atoms with Gasteiger partial charge in [-0.15, -0.1) is 0 Å². The van der Waals surface area contributed by atoms with E-state index < -0.39 is 0 Å². The summed E-state index contributed by atoms with van der Waals surface area (Å²) in [5.74, 6) is 0. The molecule has 2 aromatic heterocycles. The third-order valence-electron chi connectivity index (χ3n) is 16.2. The SMILES string of the molecule is c1ccc(-c2ccc(N(c3cc(-c4cc5c6ccccc6oc5c5c4ccc4ccccc45)cc(N(c4ccccc4)c4ccc(-c5cccc6c5oc5ccccc56)cc4)c3)c3cc4ccccc4c4ccccc34)cc2)cc1. The Morgan fingerprint density at radius 1 is 0.225 bits per heavy atom. The fourth-order valence-corrected chi connectivity index (χ4v) is 12.5. The maximum absolute atomic E-state index is 6.90. The van der Waals surface area contributed by atoms with Gasteiger partial charge >= 0.3 is 0 Å². The van der Waals surface area contributed by atoms with E-state index >= 15 is 0 Å². The van der Waals surface area contributed by atoms with E-state index in [1.165, 1.54) is 21.7 Å². The summed E-state index contributed by atoms with van der Waals surface area (Å²) < 4.78 is 13.5. The van der Waals surface area contributed by atoms with Crippen LogP contribution < -0.4 is 9.80 Å². The van der Waals surface area contributed by atoms with E-state index in [4.69, 9.17) is 8.83 Å². The number of furan rings is 2. The molecule has 0 saturated heterocycles. The minimum Gasteiger partial charge on any atom is -0.455 e. The topological polar surface area (TPSA) is 32.8 Å². The summed E-state index contributed by atoms with van der Waals surface area (Å²) in [5, 5.41) is 13.7. The molecular formula is C76H48N2O2. The average molecular weight is 1020 g/mol. The zero-order valence-electron chi connectivity index (χ0n) is 43.4. The molecule has 16 aromatic rings. The zero-order chi connectivity index (χ0) is 52.7. The summed E-state index contributed by atoms with van der Waals surface area (Å²) >= 11 is 0. The van der Waals surface area contributed by atoms with E-state index in [0.29, 0.717) is 0 Å². The van der Waals surface area contributed by atoms with Crippen LogP contribution >= 0.6 is 0 Å². The van der Waals surface area contributed by atoms with Gasteiger partial charge in [-0.25, -0.2) is 0 Å². The maximum Gasteiger partial charge on any atom is 0.143 e. The minimum absolute atomic E-state index is 0.867. The molecule has 0 radical (unpaired) electrons. The van der Waals surface area contributed by atoms with Gasteiger partial charge in [-0.1, -0.05) is 212 Å². The normalized spacial score (nSPS) is 11.8. The molecule has 0 aliphatic carbocycles. The van der Waals surface area contributed by atoms with Gasteiger partial charge in [0.2, 0.25) is 0 Å². The highest BCUT2D eigenvalue weighted by atomic mass is 16.3. The lowest BCUT2D eigenvalue weighted by atomic mass is 9.91. The van der Waals surface area contributed by atoms with Gasteiger partial charge in [-0.05, 0) is 139 Å².